The van der Waals surface area contributed by atoms with Gasteiger partial charge in [-0.3, -0.25) is 29.4 Å². The van der Waals surface area contributed by atoms with E-state index >= 15 is 0 Å². The van der Waals surface area contributed by atoms with Crippen LogP contribution in [0.25, 0.3) is 0 Å². The lowest BCUT2D eigenvalue weighted by Gasteiger charge is -2.38. The average molecular weight is 355 g/mol. The number of nitrogens with zero attached hydrogens (tertiary/aromatic N) is 2. The molecule has 2 fully saturated rings. The van der Waals surface area contributed by atoms with Crippen molar-refractivity contribution < 1.29 is 19.3 Å². The number of amides is 3. The normalized spacial score (nSPS) is 29.0. The van der Waals surface area contributed by atoms with Crippen molar-refractivity contribution in [3.05, 3.63) is 46.5 Å². The molecule has 3 aliphatic carbocycles. The van der Waals surface area contributed by atoms with Crippen molar-refractivity contribution in [3.63, 3.8) is 0 Å². The summed E-state index contributed by atoms with van der Waals surface area (Å²) in [6, 6.07) is 5.52. The van der Waals surface area contributed by atoms with Gasteiger partial charge in [0.1, 0.15) is 6.54 Å². The maximum Gasteiger partial charge on any atom is 0.271 e. The van der Waals surface area contributed by atoms with Crippen LogP contribution in [-0.2, 0) is 14.4 Å². The number of carbonyl (C=O) groups excluding carboxylic acids is 3. The second kappa shape index (κ2) is 6.05. The molecular formula is C18H17N3O5. The largest absolute Gasteiger partial charge is 0.324 e. The third-order valence-electron chi connectivity index (χ3n) is 5.49. The van der Waals surface area contributed by atoms with Gasteiger partial charge in [0, 0.05) is 17.8 Å². The highest BCUT2D eigenvalue weighted by Gasteiger charge is 2.56. The number of imide groups is 1. The molecule has 0 spiro atoms. The van der Waals surface area contributed by atoms with Crippen LogP contribution >= 0.6 is 0 Å². The van der Waals surface area contributed by atoms with Gasteiger partial charge in [-0.2, -0.15) is 0 Å². The molecule has 1 N–H and O–H groups in total. The third-order valence-corrected chi connectivity index (χ3v) is 5.49. The molecule has 8 heteroatoms. The molecule has 0 radical (unpaired) electrons. The van der Waals surface area contributed by atoms with Crippen molar-refractivity contribution in [1.29, 1.82) is 0 Å². The Morgan fingerprint density at radius 3 is 2.31 bits per heavy atom. The standard InChI is InChI=1S/C18H17N3O5/c22-14(19-12-2-1-3-13(8-12)21(25)26)9-20-17(23)15-10-4-5-11(7-6-10)16(15)18(20)24/h1-5,8,10-11,15-16H,6-7,9H2,(H,19,22)/t10-,11-,15-,16-/m0/s1. The van der Waals surface area contributed by atoms with Crippen LogP contribution in [0.4, 0.5) is 11.4 Å². The number of allylic oxidation sites excluding steroid dienone is 2. The van der Waals surface area contributed by atoms with E-state index in [9.17, 15) is 24.5 Å². The zero-order chi connectivity index (χ0) is 18.4. The number of fused-ring (bicyclic) bond motifs is 1. The van der Waals surface area contributed by atoms with Gasteiger partial charge in [-0.05, 0) is 30.7 Å². The molecule has 0 unspecified atom stereocenters. The van der Waals surface area contributed by atoms with Crippen molar-refractivity contribution in [1.82, 2.24) is 4.90 Å². The third kappa shape index (κ3) is 2.58. The highest BCUT2D eigenvalue weighted by molar-refractivity contribution is 6.09. The number of nitrogens with one attached hydrogen (secondary N) is 1. The molecule has 4 atom stereocenters. The van der Waals surface area contributed by atoms with Crippen molar-refractivity contribution in [3.8, 4) is 0 Å². The summed E-state index contributed by atoms with van der Waals surface area (Å²) in [7, 11) is 0. The van der Waals surface area contributed by atoms with Crippen LogP contribution < -0.4 is 5.32 Å². The van der Waals surface area contributed by atoms with E-state index in [1.165, 1.54) is 24.3 Å². The Bertz CT molecular complexity index is 817. The number of hydrogen-bond acceptors (Lipinski definition) is 5. The molecule has 2 bridgehead atoms. The first-order valence-corrected chi connectivity index (χ1v) is 8.53. The van der Waals surface area contributed by atoms with Gasteiger partial charge in [-0.1, -0.05) is 18.2 Å². The molecule has 3 amide bonds. The predicted molar refractivity (Wildman–Crippen MR) is 90.8 cm³/mol. The molecule has 1 heterocycles. The molecule has 26 heavy (non-hydrogen) atoms. The highest BCUT2D eigenvalue weighted by Crippen LogP contribution is 2.49. The maximum absolute atomic E-state index is 12.7. The lowest BCUT2D eigenvalue weighted by Crippen LogP contribution is -2.38. The van der Waals surface area contributed by atoms with E-state index in [0.29, 0.717) is 0 Å². The van der Waals surface area contributed by atoms with E-state index in [1.807, 2.05) is 12.2 Å². The average Bonchev–Trinajstić information content (AvgIpc) is 2.90. The number of likely N-dealkylation sites (tertiary alicyclic amines) is 1. The summed E-state index contributed by atoms with van der Waals surface area (Å²) in [5.74, 6) is -1.67. The Morgan fingerprint density at radius 1 is 1.15 bits per heavy atom. The lowest BCUT2D eigenvalue weighted by atomic mass is 9.63. The summed E-state index contributed by atoms with van der Waals surface area (Å²) >= 11 is 0. The Kier molecular flexibility index (Phi) is 3.82. The summed E-state index contributed by atoms with van der Waals surface area (Å²) in [6.07, 6.45) is 5.84. The fourth-order valence-corrected chi connectivity index (χ4v) is 4.33. The number of hydrogen-bond donors (Lipinski definition) is 1. The van der Waals surface area contributed by atoms with Gasteiger partial charge in [-0.15, -0.1) is 0 Å². The van der Waals surface area contributed by atoms with Crippen molar-refractivity contribution >= 4 is 29.1 Å². The minimum absolute atomic E-state index is 0.0753. The fraction of sp³-hybridized carbons (Fsp3) is 0.389. The van der Waals surface area contributed by atoms with Crippen LogP contribution in [0.15, 0.2) is 36.4 Å². The van der Waals surface area contributed by atoms with Crippen molar-refractivity contribution in [2.45, 2.75) is 12.8 Å². The van der Waals surface area contributed by atoms with Gasteiger partial charge < -0.3 is 5.32 Å². The topological polar surface area (TPSA) is 110 Å². The maximum atomic E-state index is 12.7. The van der Waals surface area contributed by atoms with Gasteiger partial charge in [-0.25, -0.2) is 0 Å². The van der Waals surface area contributed by atoms with E-state index in [1.54, 1.807) is 0 Å². The van der Waals surface area contributed by atoms with Crippen molar-refractivity contribution in [2.75, 3.05) is 11.9 Å². The smallest absolute Gasteiger partial charge is 0.271 e. The summed E-state index contributed by atoms with van der Waals surface area (Å²) in [6.45, 7) is -0.368. The van der Waals surface area contributed by atoms with E-state index < -0.39 is 10.8 Å². The summed E-state index contributed by atoms with van der Waals surface area (Å²) in [5, 5.41) is 13.3. The SMILES string of the molecule is O=C(CN1C(=O)[C@@H]2[C@@H](C1=O)[C@H]1C=C[C@H]2CC1)Nc1cccc([N+](=O)[O-])c1. The lowest BCUT2D eigenvalue weighted by molar-refractivity contribution is -0.384. The number of benzene rings is 1. The van der Waals surface area contributed by atoms with Gasteiger partial charge >= 0.3 is 0 Å². The van der Waals surface area contributed by atoms with E-state index in [2.05, 4.69) is 5.32 Å². The Balaban J connectivity index is 1.47. The van der Waals surface area contributed by atoms with Gasteiger partial charge in [0.05, 0.1) is 16.8 Å². The molecule has 5 rings (SSSR count). The minimum atomic E-state index is -0.559. The quantitative estimate of drug-likeness (QED) is 0.383. The molecular weight excluding hydrogens is 338 g/mol. The van der Waals surface area contributed by atoms with Crippen LogP contribution in [0, 0.1) is 33.8 Å². The second-order valence-electron chi connectivity index (χ2n) is 6.96. The minimum Gasteiger partial charge on any atom is -0.324 e. The molecule has 0 aromatic heterocycles. The first kappa shape index (κ1) is 16.4. The fourth-order valence-electron chi connectivity index (χ4n) is 4.33. The molecule has 1 saturated carbocycles. The molecule has 134 valence electrons. The first-order valence-electron chi connectivity index (χ1n) is 8.53. The molecule has 1 aliphatic heterocycles. The van der Waals surface area contributed by atoms with Crippen LogP contribution in [-0.4, -0.2) is 34.1 Å². The van der Waals surface area contributed by atoms with Crippen LogP contribution in [0.3, 0.4) is 0 Å². The van der Waals surface area contributed by atoms with E-state index in [-0.39, 0.29) is 53.4 Å². The molecule has 4 aliphatic rings. The zero-order valence-electron chi connectivity index (χ0n) is 13.8. The monoisotopic (exact) mass is 355 g/mol. The number of nitro groups is 1. The Morgan fingerprint density at radius 2 is 1.77 bits per heavy atom. The van der Waals surface area contributed by atoms with Gasteiger partial charge in [0.25, 0.3) is 5.69 Å². The van der Waals surface area contributed by atoms with Crippen LogP contribution in [0.1, 0.15) is 12.8 Å². The van der Waals surface area contributed by atoms with Crippen LogP contribution in [0.2, 0.25) is 0 Å². The van der Waals surface area contributed by atoms with Crippen molar-refractivity contribution in [2.24, 2.45) is 23.7 Å². The molecule has 8 nitrogen and oxygen atoms in total. The van der Waals surface area contributed by atoms with Crippen LogP contribution in [0.5, 0.6) is 0 Å². The highest BCUT2D eigenvalue weighted by atomic mass is 16.6. The van der Waals surface area contributed by atoms with E-state index in [0.717, 1.165) is 17.7 Å². The second-order valence-corrected chi connectivity index (χ2v) is 6.96. The number of rotatable bonds is 4. The molecule has 1 aromatic rings. The summed E-state index contributed by atoms with van der Waals surface area (Å²) in [5.41, 5.74) is 0.104. The Labute approximate surface area is 149 Å². The molecule has 1 aromatic carbocycles. The zero-order valence-corrected chi connectivity index (χ0v) is 13.8. The number of non-ortho nitro benzene ring substituents is 1. The molecule has 1 saturated heterocycles. The summed E-state index contributed by atoms with van der Waals surface area (Å²) < 4.78 is 0. The predicted octanol–water partition coefficient (Wildman–Crippen LogP) is 1.73. The number of carbonyl (C=O) groups is 3. The van der Waals surface area contributed by atoms with E-state index in [4.69, 9.17) is 0 Å². The summed E-state index contributed by atoms with van der Waals surface area (Å²) in [4.78, 5) is 48.9. The first-order chi connectivity index (χ1) is 12.5. The van der Waals surface area contributed by atoms with Gasteiger partial charge in [0.2, 0.25) is 17.7 Å². The number of nitro benzene ring substituents is 1. The van der Waals surface area contributed by atoms with Gasteiger partial charge in [0.15, 0.2) is 0 Å². The Hall–Kier alpha value is -3.03. The number of anilines is 1.